The third kappa shape index (κ3) is 4.42. The number of hydrogen-bond acceptors (Lipinski definition) is 5. The molecule has 0 saturated carbocycles. The zero-order chi connectivity index (χ0) is 22.9. The van der Waals surface area contributed by atoms with Crippen LogP contribution in [0.25, 0.3) is 0 Å². The normalized spacial score (nSPS) is 19.5. The van der Waals surface area contributed by atoms with Gasteiger partial charge in [0, 0.05) is 42.4 Å². The zero-order valence-corrected chi connectivity index (χ0v) is 19.9. The minimum Gasteiger partial charge on any atom is -0.314 e. The summed E-state index contributed by atoms with van der Waals surface area (Å²) in [5, 5.41) is 0. The van der Waals surface area contributed by atoms with Crippen molar-refractivity contribution in [3.8, 4) is 0 Å². The molecule has 2 heterocycles. The molecule has 0 bridgehead atoms. The summed E-state index contributed by atoms with van der Waals surface area (Å²) in [6.45, 7) is 2.69. The van der Waals surface area contributed by atoms with Gasteiger partial charge in [0.2, 0.25) is 21.8 Å². The van der Waals surface area contributed by atoms with Gasteiger partial charge >= 0.3 is 0 Å². The predicted octanol–water partition coefficient (Wildman–Crippen LogP) is 3.21. The lowest BCUT2D eigenvalue weighted by atomic mass is 10.1. The Hall–Kier alpha value is -2.36. The molecule has 1 atom stereocenters. The SMILES string of the molecule is CC1CSc2ccc(S(=O)(=O)N3CCCC3)cc2N(CC(=O)N(C)c2ccccc2)C1=O. The molecule has 4 rings (SSSR count). The average molecular weight is 474 g/mol. The molecule has 1 fully saturated rings. The average Bonchev–Trinajstić information content (AvgIpc) is 3.33. The molecule has 2 aromatic carbocycles. The van der Waals surface area contributed by atoms with E-state index < -0.39 is 10.0 Å². The molecular formula is C23H27N3O4S2. The number of anilines is 2. The number of hydrogen-bond donors (Lipinski definition) is 0. The molecule has 170 valence electrons. The molecule has 0 spiro atoms. The Morgan fingerprint density at radius 2 is 1.81 bits per heavy atom. The second-order valence-corrected chi connectivity index (χ2v) is 11.2. The Kier molecular flexibility index (Phi) is 6.60. The molecular weight excluding hydrogens is 446 g/mol. The maximum Gasteiger partial charge on any atom is 0.246 e. The monoisotopic (exact) mass is 473 g/mol. The number of sulfonamides is 1. The number of para-hydroxylation sites is 1. The number of benzene rings is 2. The van der Waals surface area contributed by atoms with Crippen LogP contribution in [-0.2, 0) is 19.6 Å². The molecule has 0 radical (unpaired) electrons. The number of likely N-dealkylation sites (N-methyl/N-ethyl adjacent to an activating group) is 1. The fraction of sp³-hybridized carbons (Fsp3) is 0.391. The Morgan fingerprint density at radius 3 is 2.50 bits per heavy atom. The standard InChI is InChI=1S/C23H27N3O4S2/c1-17-16-31-21-11-10-19(32(29,30)25-12-6-7-13-25)14-20(21)26(23(17)28)15-22(27)24(2)18-8-4-3-5-9-18/h3-5,8-11,14,17H,6-7,12-13,15-16H2,1-2H3. The van der Waals surface area contributed by atoms with Crippen molar-refractivity contribution in [2.75, 3.05) is 42.2 Å². The van der Waals surface area contributed by atoms with E-state index in [0.29, 0.717) is 24.5 Å². The quantitative estimate of drug-likeness (QED) is 0.666. The minimum atomic E-state index is -3.64. The van der Waals surface area contributed by atoms with Crippen LogP contribution in [0.15, 0.2) is 58.3 Å². The van der Waals surface area contributed by atoms with Gasteiger partial charge in [0.25, 0.3) is 0 Å². The van der Waals surface area contributed by atoms with Crippen LogP contribution >= 0.6 is 11.8 Å². The highest BCUT2D eigenvalue weighted by Crippen LogP contribution is 2.38. The summed E-state index contributed by atoms with van der Waals surface area (Å²) in [7, 11) is -1.96. The summed E-state index contributed by atoms with van der Waals surface area (Å²) < 4.78 is 27.7. The lowest BCUT2D eigenvalue weighted by Gasteiger charge is -2.27. The highest BCUT2D eigenvalue weighted by atomic mass is 32.2. The van der Waals surface area contributed by atoms with Crippen LogP contribution in [0, 0.1) is 5.92 Å². The van der Waals surface area contributed by atoms with Crippen molar-refractivity contribution in [2.45, 2.75) is 29.6 Å². The van der Waals surface area contributed by atoms with E-state index in [1.165, 1.54) is 25.9 Å². The van der Waals surface area contributed by atoms with E-state index in [4.69, 9.17) is 0 Å². The summed E-state index contributed by atoms with van der Waals surface area (Å²) in [5.74, 6) is -0.145. The van der Waals surface area contributed by atoms with Crippen molar-refractivity contribution >= 4 is 45.0 Å². The molecule has 7 nitrogen and oxygen atoms in total. The van der Waals surface area contributed by atoms with Gasteiger partial charge in [-0.2, -0.15) is 4.31 Å². The number of amides is 2. The molecule has 0 N–H and O–H groups in total. The highest BCUT2D eigenvalue weighted by molar-refractivity contribution is 7.99. The van der Waals surface area contributed by atoms with Crippen LogP contribution in [0.5, 0.6) is 0 Å². The zero-order valence-electron chi connectivity index (χ0n) is 18.2. The van der Waals surface area contributed by atoms with Crippen LogP contribution in [-0.4, -0.2) is 57.0 Å². The van der Waals surface area contributed by atoms with E-state index in [2.05, 4.69) is 0 Å². The van der Waals surface area contributed by atoms with E-state index >= 15 is 0 Å². The second kappa shape index (κ2) is 9.25. The molecule has 0 aliphatic carbocycles. The van der Waals surface area contributed by atoms with Gasteiger partial charge in [-0.15, -0.1) is 11.8 Å². The maximum atomic E-state index is 13.2. The van der Waals surface area contributed by atoms with Crippen molar-refractivity contribution in [3.63, 3.8) is 0 Å². The summed E-state index contributed by atoms with van der Waals surface area (Å²) in [6.07, 6.45) is 1.70. The number of nitrogens with zero attached hydrogens (tertiary/aromatic N) is 3. The molecule has 1 saturated heterocycles. The van der Waals surface area contributed by atoms with Gasteiger partial charge in [-0.3, -0.25) is 9.59 Å². The van der Waals surface area contributed by atoms with Crippen molar-refractivity contribution in [2.24, 2.45) is 5.92 Å². The first kappa shape index (κ1) is 22.8. The van der Waals surface area contributed by atoms with Gasteiger partial charge < -0.3 is 9.80 Å². The van der Waals surface area contributed by atoms with Gasteiger partial charge in [-0.25, -0.2) is 8.42 Å². The van der Waals surface area contributed by atoms with Crippen LogP contribution < -0.4 is 9.80 Å². The van der Waals surface area contributed by atoms with Crippen molar-refractivity contribution < 1.29 is 18.0 Å². The minimum absolute atomic E-state index is 0.157. The molecule has 2 aromatic rings. The van der Waals surface area contributed by atoms with E-state index in [1.54, 1.807) is 25.2 Å². The van der Waals surface area contributed by atoms with Crippen molar-refractivity contribution in [3.05, 3.63) is 48.5 Å². The van der Waals surface area contributed by atoms with E-state index in [-0.39, 0.29) is 29.2 Å². The summed E-state index contributed by atoms with van der Waals surface area (Å²) in [5.41, 5.74) is 1.22. The number of fused-ring (bicyclic) bond motifs is 1. The number of rotatable bonds is 5. The lowest BCUT2D eigenvalue weighted by molar-refractivity contribution is -0.124. The van der Waals surface area contributed by atoms with Gasteiger partial charge in [-0.1, -0.05) is 25.1 Å². The van der Waals surface area contributed by atoms with Gasteiger partial charge in [0.05, 0.1) is 10.6 Å². The van der Waals surface area contributed by atoms with Crippen molar-refractivity contribution in [1.29, 1.82) is 0 Å². The third-order valence-corrected chi connectivity index (χ3v) is 9.13. The van der Waals surface area contributed by atoms with Crippen LogP contribution in [0.3, 0.4) is 0 Å². The fourth-order valence-electron chi connectivity index (χ4n) is 3.94. The topological polar surface area (TPSA) is 78.0 Å². The van der Waals surface area contributed by atoms with Gasteiger partial charge in [-0.05, 0) is 43.2 Å². The number of carbonyl (C=O) groups excluding carboxylic acids is 2. The lowest BCUT2D eigenvalue weighted by Crippen LogP contribution is -2.43. The maximum absolute atomic E-state index is 13.2. The first-order chi connectivity index (χ1) is 15.3. The van der Waals surface area contributed by atoms with Crippen LogP contribution in [0.1, 0.15) is 19.8 Å². The summed E-state index contributed by atoms with van der Waals surface area (Å²) in [4.78, 5) is 30.2. The van der Waals surface area contributed by atoms with E-state index in [9.17, 15) is 18.0 Å². The fourth-order valence-corrected chi connectivity index (χ4v) is 6.53. The Morgan fingerprint density at radius 1 is 1.12 bits per heavy atom. The molecule has 2 aliphatic heterocycles. The van der Waals surface area contributed by atoms with Gasteiger partial charge in [0.15, 0.2) is 0 Å². The molecule has 2 amide bonds. The van der Waals surface area contributed by atoms with E-state index in [1.807, 2.05) is 37.3 Å². The summed E-state index contributed by atoms with van der Waals surface area (Å²) >= 11 is 1.51. The molecule has 2 aliphatic rings. The molecule has 9 heteroatoms. The number of carbonyl (C=O) groups is 2. The van der Waals surface area contributed by atoms with Crippen LogP contribution in [0.4, 0.5) is 11.4 Å². The largest absolute Gasteiger partial charge is 0.314 e. The smallest absolute Gasteiger partial charge is 0.246 e. The first-order valence-electron chi connectivity index (χ1n) is 10.7. The first-order valence-corrected chi connectivity index (χ1v) is 13.1. The number of thioether (sulfide) groups is 1. The Balaban J connectivity index is 1.69. The molecule has 0 aromatic heterocycles. The highest BCUT2D eigenvalue weighted by Gasteiger charge is 2.33. The second-order valence-electron chi connectivity index (χ2n) is 8.17. The Labute approximate surface area is 193 Å². The third-order valence-electron chi connectivity index (χ3n) is 5.91. The van der Waals surface area contributed by atoms with Crippen LogP contribution in [0.2, 0.25) is 0 Å². The predicted molar refractivity (Wildman–Crippen MR) is 127 cm³/mol. The van der Waals surface area contributed by atoms with Crippen molar-refractivity contribution in [1.82, 2.24) is 4.31 Å². The molecule has 32 heavy (non-hydrogen) atoms. The molecule has 1 unspecified atom stereocenters. The Bertz CT molecular complexity index is 1120. The van der Waals surface area contributed by atoms with Gasteiger partial charge in [0.1, 0.15) is 6.54 Å². The van der Waals surface area contributed by atoms with E-state index in [0.717, 1.165) is 23.4 Å². The summed E-state index contributed by atoms with van der Waals surface area (Å²) in [6, 6.07) is 14.1.